The molecule has 3 amide bonds. The molecule has 1 aliphatic rings. The highest BCUT2D eigenvalue weighted by molar-refractivity contribution is 6.42. The van der Waals surface area contributed by atoms with Gasteiger partial charge in [0.05, 0.1) is 10.0 Å². The Bertz CT molecular complexity index is 566. The van der Waals surface area contributed by atoms with Gasteiger partial charge in [0.2, 0.25) is 5.91 Å². The minimum absolute atomic E-state index is 0.0109. The number of rotatable bonds is 3. The van der Waals surface area contributed by atoms with Crippen LogP contribution in [-0.4, -0.2) is 36.0 Å². The Labute approximate surface area is 139 Å². The lowest BCUT2D eigenvalue weighted by atomic mass is 10.1. The van der Waals surface area contributed by atoms with E-state index in [2.05, 4.69) is 10.6 Å². The van der Waals surface area contributed by atoms with Crippen molar-refractivity contribution in [1.29, 1.82) is 0 Å². The van der Waals surface area contributed by atoms with Gasteiger partial charge < -0.3 is 15.5 Å². The molecule has 1 aliphatic heterocycles. The number of halogens is 2. The fraction of sp³-hybridized carbons (Fsp3) is 0.467. The summed E-state index contributed by atoms with van der Waals surface area (Å²) in [4.78, 5) is 25.5. The van der Waals surface area contributed by atoms with Crippen LogP contribution in [-0.2, 0) is 4.79 Å². The molecule has 1 saturated heterocycles. The standard InChI is InChI=1S/C15H19Cl2N3O2/c1-2-14(21)18-11-4-3-7-20(9-11)15(22)19-10-5-6-12(16)13(17)8-10/h5-6,8,11H,2-4,7,9H2,1H3,(H,18,21)(H,19,22). The van der Waals surface area contributed by atoms with Crippen molar-refractivity contribution in [2.24, 2.45) is 0 Å². The van der Waals surface area contributed by atoms with E-state index in [1.54, 1.807) is 23.1 Å². The molecule has 1 heterocycles. The largest absolute Gasteiger partial charge is 0.352 e. The third-order valence-corrected chi connectivity index (χ3v) is 4.30. The normalized spacial score (nSPS) is 18.0. The van der Waals surface area contributed by atoms with Crippen LogP contribution >= 0.6 is 23.2 Å². The third-order valence-electron chi connectivity index (χ3n) is 3.57. The number of piperidine rings is 1. The van der Waals surface area contributed by atoms with Gasteiger partial charge in [0.25, 0.3) is 0 Å². The van der Waals surface area contributed by atoms with Gasteiger partial charge in [-0.2, -0.15) is 0 Å². The number of urea groups is 1. The summed E-state index contributed by atoms with van der Waals surface area (Å²) in [6, 6.07) is 4.77. The van der Waals surface area contributed by atoms with Crippen molar-refractivity contribution in [3.05, 3.63) is 28.2 Å². The second-order valence-corrected chi connectivity index (χ2v) is 6.08. The molecule has 1 fully saturated rings. The Balaban J connectivity index is 1.93. The van der Waals surface area contributed by atoms with E-state index in [1.165, 1.54) is 0 Å². The van der Waals surface area contributed by atoms with Crippen molar-refractivity contribution in [2.45, 2.75) is 32.2 Å². The fourth-order valence-corrected chi connectivity index (χ4v) is 2.68. The van der Waals surface area contributed by atoms with Gasteiger partial charge in [0.1, 0.15) is 0 Å². The molecule has 2 rings (SSSR count). The van der Waals surface area contributed by atoms with Crippen molar-refractivity contribution in [3.63, 3.8) is 0 Å². The van der Waals surface area contributed by atoms with E-state index in [9.17, 15) is 9.59 Å². The Kier molecular flexibility index (Phi) is 5.91. The van der Waals surface area contributed by atoms with Gasteiger partial charge in [0, 0.05) is 31.2 Å². The number of hydrogen-bond acceptors (Lipinski definition) is 2. The van der Waals surface area contributed by atoms with Crippen LogP contribution in [0.1, 0.15) is 26.2 Å². The maximum absolute atomic E-state index is 12.3. The first-order valence-electron chi connectivity index (χ1n) is 7.30. The van der Waals surface area contributed by atoms with E-state index in [0.29, 0.717) is 35.2 Å². The molecule has 5 nitrogen and oxygen atoms in total. The number of carbonyl (C=O) groups excluding carboxylic acids is 2. The first kappa shape index (κ1) is 16.9. The maximum Gasteiger partial charge on any atom is 0.321 e. The Morgan fingerprint density at radius 1 is 1.32 bits per heavy atom. The number of likely N-dealkylation sites (tertiary alicyclic amines) is 1. The van der Waals surface area contributed by atoms with Gasteiger partial charge >= 0.3 is 6.03 Å². The van der Waals surface area contributed by atoms with Crippen molar-refractivity contribution >= 4 is 40.8 Å². The summed E-state index contributed by atoms with van der Waals surface area (Å²) in [6.07, 6.45) is 2.21. The monoisotopic (exact) mass is 343 g/mol. The number of hydrogen-bond donors (Lipinski definition) is 2. The Hall–Kier alpha value is -1.46. The van der Waals surface area contributed by atoms with Gasteiger partial charge in [-0.1, -0.05) is 30.1 Å². The first-order chi connectivity index (χ1) is 10.5. The Morgan fingerprint density at radius 3 is 2.77 bits per heavy atom. The summed E-state index contributed by atoms with van der Waals surface area (Å²) in [5.74, 6) is 0.0109. The zero-order valence-corrected chi connectivity index (χ0v) is 13.9. The number of carbonyl (C=O) groups is 2. The predicted octanol–water partition coefficient (Wildman–Crippen LogP) is 3.52. The minimum Gasteiger partial charge on any atom is -0.352 e. The van der Waals surface area contributed by atoms with Crippen LogP contribution in [0.3, 0.4) is 0 Å². The zero-order valence-electron chi connectivity index (χ0n) is 12.4. The smallest absolute Gasteiger partial charge is 0.321 e. The maximum atomic E-state index is 12.3. The molecule has 1 unspecified atom stereocenters. The second-order valence-electron chi connectivity index (χ2n) is 5.27. The van der Waals surface area contributed by atoms with Crippen LogP contribution in [0.4, 0.5) is 10.5 Å². The second kappa shape index (κ2) is 7.70. The fourth-order valence-electron chi connectivity index (χ4n) is 2.39. The van der Waals surface area contributed by atoms with Crippen LogP contribution in [0.15, 0.2) is 18.2 Å². The van der Waals surface area contributed by atoms with Crippen LogP contribution in [0.25, 0.3) is 0 Å². The van der Waals surface area contributed by atoms with E-state index in [0.717, 1.165) is 12.8 Å². The van der Waals surface area contributed by atoms with E-state index >= 15 is 0 Å². The van der Waals surface area contributed by atoms with Crippen molar-refractivity contribution in [1.82, 2.24) is 10.2 Å². The van der Waals surface area contributed by atoms with Crippen molar-refractivity contribution in [3.8, 4) is 0 Å². The zero-order chi connectivity index (χ0) is 16.1. The number of anilines is 1. The molecule has 120 valence electrons. The molecular weight excluding hydrogens is 325 g/mol. The van der Waals surface area contributed by atoms with Crippen LogP contribution in [0.5, 0.6) is 0 Å². The average Bonchev–Trinajstić information content (AvgIpc) is 2.51. The van der Waals surface area contributed by atoms with Crippen LogP contribution in [0.2, 0.25) is 10.0 Å². The van der Waals surface area contributed by atoms with Gasteiger partial charge in [-0.25, -0.2) is 4.79 Å². The summed E-state index contributed by atoms with van der Waals surface area (Å²) < 4.78 is 0. The average molecular weight is 344 g/mol. The lowest BCUT2D eigenvalue weighted by Gasteiger charge is -2.33. The molecule has 0 bridgehead atoms. The van der Waals surface area contributed by atoms with E-state index in [-0.39, 0.29) is 18.0 Å². The quantitative estimate of drug-likeness (QED) is 0.881. The highest BCUT2D eigenvalue weighted by atomic mass is 35.5. The topological polar surface area (TPSA) is 61.4 Å². The summed E-state index contributed by atoms with van der Waals surface area (Å²) in [5, 5.41) is 6.57. The lowest BCUT2D eigenvalue weighted by Crippen LogP contribution is -2.50. The molecule has 0 saturated carbocycles. The van der Waals surface area contributed by atoms with Gasteiger partial charge in [-0.3, -0.25) is 4.79 Å². The summed E-state index contributed by atoms with van der Waals surface area (Å²) in [5.41, 5.74) is 0.596. The lowest BCUT2D eigenvalue weighted by molar-refractivity contribution is -0.121. The minimum atomic E-state index is -0.200. The molecule has 0 aliphatic carbocycles. The molecule has 0 radical (unpaired) electrons. The van der Waals surface area contributed by atoms with Crippen LogP contribution < -0.4 is 10.6 Å². The van der Waals surface area contributed by atoms with Gasteiger partial charge in [0.15, 0.2) is 0 Å². The number of benzene rings is 1. The summed E-state index contributed by atoms with van der Waals surface area (Å²) in [6.45, 7) is 3.00. The molecule has 1 aromatic carbocycles. The molecule has 7 heteroatoms. The molecule has 22 heavy (non-hydrogen) atoms. The van der Waals surface area contributed by atoms with E-state index in [1.807, 2.05) is 6.92 Å². The van der Waals surface area contributed by atoms with Crippen molar-refractivity contribution in [2.75, 3.05) is 18.4 Å². The summed E-state index contributed by atoms with van der Waals surface area (Å²) >= 11 is 11.8. The molecular formula is C15H19Cl2N3O2. The number of nitrogens with zero attached hydrogens (tertiary/aromatic N) is 1. The third kappa shape index (κ3) is 4.52. The number of nitrogens with one attached hydrogen (secondary N) is 2. The number of amides is 3. The molecule has 2 N–H and O–H groups in total. The van der Waals surface area contributed by atoms with Crippen molar-refractivity contribution < 1.29 is 9.59 Å². The van der Waals surface area contributed by atoms with Gasteiger partial charge in [-0.15, -0.1) is 0 Å². The SMILES string of the molecule is CCC(=O)NC1CCCN(C(=O)Nc2ccc(Cl)c(Cl)c2)C1. The highest BCUT2D eigenvalue weighted by Gasteiger charge is 2.24. The molecule has 0 aromatic heterocycles. The summed E-state index contributed by atoms with van der Waals surface area (Å²) in [7, 11) is 0. The highest BCUT2D eigenvalue weighted by Crippen LogP contribution is 2.25. The molecule has 1 atom stereocenters. The van der Waals surface area contributed by atoms with E-state index in [4.69, 9.17) is 23.2 Å². The van der Waals surface area contributed by atoms with E-state index < -0.39 is 0 Å². The molecule has 1 aromatic rings. The molecule has 0 spiro atoms. The Morgan fingerprint density at radius 2 is 2.09 bits per heavy atom. The predicted molar refractivity (Wildman–Crippen MR) is 88.5 cm³/mol. The first-order valence-corrected chi connectivity index (χ1v) is 8.05. The van der Waals surface area contributed by atoms with Gasteiger partial charge in [-0.05, 0) is 31.0 Å². The van der Waals surface area contributed by atoms with Crippen LogP contribution in [0, 0.1) is 0 Å².